The number of rotatable bonds is 6. The van der Waals surface area contributed by atoms with Gasteiger partial charge < -0.3 is 24.8 Å². The van der Waals surface area contributed by atoms with Gasteiger partial charge in [0.25, 0.3) is 11.8 Å². The van der Waals surface area contributed by atoms with Crippen LogP contribution in [0.4, 0.5) is 13.2 Å². The van der Waals surface area contributed by atoms with E-state index in [4.69, 9.17) is 14.2 Å². The first-order valence-electron chi connectivity index (χ1n) is 10.8. The van der Waals surface area contributed by atoms with Crippen LogP contribution >= 0.6 is 0 Å². The van der Waals surface area contributed by atoms with E-state index in [1.165, 1.54) is 12.1 Å². The van der Waals surface area contributed by atoms with Gasteiger partial charge >= 0.3 is 6.18 Å². The second-order valence-corrected chi connectivity index (χ2v) is 8.18. The number of ether oxygens (including phenoxy) is 3. The summed E-state index contributed by atoms with van der Waals surface area (Å²) < 4.78 is 56.4. The number of hydrogen-bond donors (Lipinski definition) is 2. The van der Waals surface area contributed by atoms with Gasteiger partial charge in [-0.25, -0.2) is 0 Å². The van der Waals surface area contributed by atoms with Gasteiger partial charge in [0.15, 0.2) is 5.79 Å². The minimum absolute atomic E-state index is 0.0446. The Morgan fingerprint density at radius 3 is 2.21 bits per heavy atom. The smallest absolute Gasteiger partial charge is 0.371 e. The maximum Gasteiger partial charge on any atom is 0.416 e. The van der Waals surface area contributed by atoms with Crippen molar-refractivity contribution in [3.63, 3.8) is 0 Å². The largest absolute Gasteiger partial charge is 0.416 e. The molecule has 2 aromatic rings. The molecule has 34 heavy (non-hydrogen) atoms. The van der Waals surface area contributed by atoms with E-state index in [0.717, 1.165) is 12.1 Å². The van der Waals surface area contributed by atoms with Crippen molar-refractivity contribution in [2.24, 2.45) is 0 Å². The van der Waals surface area contributed by atoms with Gasteiger partial charge in [0.2, 0.25) is 0 Å². The van der Waals surface area contributed by atoms with E-state index in [9.17, 15) is 22.8 Å². The average molecular weight is 480 g/mol. The number of hydrogen-bond acceptors (Lipinski definition) is 5. The highest BCUT2D eigenvalue weighted by Crippen LogP contribution is 2.29. The van der Waals surface area contributed by atoms with Crippen LogP contribution in [0.25, 0.3) is 0 Å². The number of alkyl halides is 3. The van der Waals surface area contributed by atoms with E-state index in [0.29, 0.717) is 5.56 Å². The van der Waals surface area contributed by atoms with Gasteiger partial charge in [0.1, 0.15) is 12.2 Å². The summed E-state index contributed by atoms with van der Waals surface area (Å²) in [6.45, 7) is 3.92. The molecule has 1 aliphatic heterocycles. The molecule has 184 valence electrons. The maximum atomic E-state index is 13.0. The SMILES string of the molecule is CC1(C)OCCO[C@H](CNC(=O)c2cccc(C(F)(F)F)c2)[C@H](CNC(=O)c2ccccc2)O1. The summed E-state index contributed by atoms with van der Waals surface area (Å²) in [6.07, 6.45) is -5.95. The number of nitrogens with one attached hydrogen (secondary N) is 2. The summed E-state index contributed by atoms with van der Waals surface area (Å²) in [5.41, 5.74) is -0.565. The Hall–Kier alpha value is -2.95. The average Bonchev–Trinajstić information content (AvgIpc) is 2.80. The normalized spacial score (nSPS) is 20.6. The fourth-order valence-corrected chi connectivity index (χ4v) is 3.45. The van der Waals surface area contributed by atoms with Gasteiger partial charge in [0.05, 0.1) is 18.8 Å². The molecular formula is C24H27F3N2O5. The van der Waals surface area contributed by atoms with E-state index in [1.54, 1.807) is 44.2 Å². The lowest BCUT2D eigenvalue weighted by atomic mass is 10.1. The third-order valence-electron chi connectivity index (χ3n) is 5.13. The van der Waals surface area contributed by atoms with Crippen LogP contribution in [-0.4, -0.2) is 56.1 Å². The van der Waals surface area contributed by atoms with Crippen molar-refractivity contribution in [2.75, 3.05) is 26.3 Å². The summed E-state index contributed by atoms with van der Waals surface area (Å²) >= 11 is 0. The highest BCUT2D eigenvalue weighted by atomic mass is 19.4. The molecule has 2 N–H and O–H groups in total. The minimum Gasteiger partial charge on any atom is -0.371 e. The van der Waals surface area contributed by atoms with Crippen LogP contribution in [0.3, 0.4) is 0 Å². The van der Waals surface area contributed by atoms with Crippen molar-refractivity contribution >= 4 is 11.8 Å². The molecule has 1 fully saturated rings. The Morgan fingerprint density at radius 2 is 1.53 bits per heavy atom. The maximum absolute atomic E-state index is 13.0. The fraction of sp³-hybridized carbons (Fsp3) is 0.417. The van der Waals surface area contributed by atoms with Gasteiger partial charge in [-0.15, -0.1) is 0 Å². The monoisotopic (exact) mass is 480 g/mol. The number of carbonyl (C=O) groups excluding carboxylic acids is 2. The van der Waals surface area contributed by atoms with E-state index >= 15 is 0 Å². The van der Waals surface area contributed by atoms with Crippen molar-refractivity contribution in [3.8, 4) is 0 Å². The van der Waals surface area contributed by atoms with E-state index in [1.807, 2.05) is 0 Å². The zero-order valence-corrected chi connectivity index (χ0v) is 18.9. The van der Waals surface area contributed by atoms with Gasteiger partial charge in [-0.05, 0) is 44.2 Å². The topological polar surface area (TPSA) is 85.9 Å². The summed E-state index contributed by atoms with van der Waals surface area (Å²) in [5, 5.41) is 5.40. The van der Waals surface area contributed by atoms with Gasteiger partial charge in [-0.2, -0.15) is 13.2 Å². The first-order chi connectivity index (χ1) is 16.0. The van der Waals surface area contributed by atoms with E-state index in [-0.39, 0.29) is 37.8 Å². The summed E-state index contributed by atoms with van der Waals surface area (Å²) in [7, 11) is 0. The van der Waals surface area contributed by atoms with Gasteiger partial charge in [-0.3, -0.25) is 9.59 Å². The molecule has 10 heteroatoms. The molecule has 0 aliphatic carbocycles. The Labute approximate surface area is 195 Å². The molecular weight excluding hydrogens is 453 g/mol. The third-order valence-corrected chi connectivity index (χ3v) is 5.13. The van der Waals surface area contributed by atoms with Crippen LogP contribution in [-0.2, 0) is 20.4 Å². The van der Waals surface area contributed by atoms with Crippen LogP contribution in [0.2, 0.25) is 0 Å². The molecule has 2 aromatic carbocycles. The molecule has 0 radical (unpaired) electrons. The van der Waals surface area contributed by atoms with Crippen molar-refractivity contribution in [2.45, 2.75) is 38.0 Å². The second-order valence-electron chi connectivity index (χ2n) is 8.18. The Morgan fingerprint density at radius 1 is 0.912 bits per heavy atom. The quantitative estimate of drug-likeness (QED) is 0.662. The first kappa shape index (κ1) is 25.7. The number of amides is 2. The Balaban J connectivity index is 1.68. The molecule has 1 aliphatic rings. The fourth-order valence-electron chi connectivity index (χ4n) is 3.45. The molecule has 0 bridgehead atoms. The van der Waals surface area contributed by atoms with Crippen LogP contribution in [0.5, 0.6) is 0 Å². The number of carbonyl (C=O) groups is 2. The number of benzene rings is 2. The molecule has 0 aromatic heterocycles. The Bertz CT molecular complexity index is 982. The molecule has 2 amide bonds. The first-order valence-corrected chi connectivity index (χ1v) is 10.8. The lowest BCUT2D eigenvalue weighted by Gasteiger charge is -2.37. The molecule has 1 saturated heterocycles. The van der Waals surface area contributed by atoms with Crippen LogP contribution < -0.4 is 10.6 Å². The van der Waals surface area contributed by atoms with E-state index < -0.39 is 35.6 Å². The predicted molar refractivity (Wildman–Crippen MR) is 117 cm³/mol. The predicted octanol–water partition coefficient (Wildman–Crippen LogP) is 3.40. The standard InChI is InChI=1S/C24H27F3N2O5/c1-23(2)33-12-11-32-19(20(34-23)15-29-21(30)16-7-4-3-5-8-16)14-28-22(31)17-9-6-10-18(13-17)24(25,26)27/h3-10,13,19-20H,11-12,14-15H2,1-2H3,(H,28,31)(H,29,30)/t19-,20+/m1/s1. The molecule has 1 heterocycles. The number of halogens is 3. The summed E-state index contributed by atoms with van der Waals surface area (Å²) in [4.78, 5) is 25.0. The second kappa shape index (κ2) is 11.0. The van der Waals surface area contributed by atoms with Crippen molar-refractivity contribution < 1.29 is 37.0 Å². The van der Waals surface area contributed by atoms with Crippen LogP contribution in [0.15, 0.2) is 54.6 Å². The summed E-state index contributed by atoms with van der Waals surface area (Å²) in [6, 6.07) is 12.8. The summed E-state index contributed by atoms with van der Waals surface area (Å²) in [5.74, 6) is -1.97. The molecule has 0 unspecified atom stereocenters. The van der Waals surface area contributed by atoms with Crippen molar-refractivity contribution in [3.05, 3.63) is 71.3 Å². The lowest BCUT2D eigenvalue weighted by molar-refractivity contribution is -0.277. The van der Waals surface area contributed by atoms with Crippen LogP contribution in [0, 0.1) is 0 Å². The zero-order valence-electron chi connectivity index (χ0n) is 18.9. The Kier molecular flexibility index (Phi) is 8.29. The van der Waals surface area contributed by atoms with E-state index in [2.05, 4.69) is 10.6 Å². The molecule has 0 saturated carbocycles. The molecule has 0 spiro atoms. The van der Waals surface area contributed by atoms with Gasteiger partial charge in [-0.1, -0.05) is 24.3 Å². The lowest BCUT2D eigenvalue weighted by Crippen LogP contribution is -2.52. The van der Waals surface area contributed by atoms with Gasteiger partial charge in [0, 0.05) is 24.2 Å². The van der Waals surface area contributed by atoms with Crippen molar-refractivity contribution in [1.82, 2.24) is 10.6 Å². The minimum atomic E-state index is -4.56. The third kappa shape index (κ3) is 7.28. The molecule has 7 nitrogen and oxygen atoms in total. The zero-order chi connectivity index (χ0) is 24.8. The highest BCUT2D eigenvalue weighted by molar-refractivity contribution is 5.94. The molecule has 3 rings (SSSR count). The highest BCUT2D eigenvalue weighted by Gasteiger charge is 2.34. The molecule has 2 atom stereocenters. The van der Waals surface area contributed by atoms with Crippen LogP contribution in [0.1, 0.15) is 40.1 Å². The van der Waals surface area contributed by atoms with Crippen molar-refractivity contribution in [1.29, 1.82) is 0 Å².